The van der Waals surface area contributed by atoms with Gasteiger partial charge in [-0.2, -0.15) is 0 Å². The van der Waals surface area contributed by atoms with Crippen LogP contribution in [0, 0.1) is 0 Å². The van der Waals surface area contributed by atoms with Crippen LogP contribution in [0.2, 0.25) is 4.47 Å². The summed E-state index contributed by atoms with van der Waals surface area (Å²) < 4.78 is 49.5. The minimum Gasteiger partial charge on any atom is -0.232 e. The van der Waals surface area contributed by atoms with Crippen LogP contribution in [0.15, 0.2) is 10.4 Å². The molecule has 1 aromatic rings. The highest BCUT2D eigenvalue weighted by molar-refractivity contribution is 7.92. The lowest BCUT2D eigenvalue weighted by molar-refractivity contribution is 0.519. The number of hydrogen-bond donors (Lipinski definition) is 1. The second kappa shape index (κ2) is 5.80. The molecule has 1 rings (SSSR count). The SMILES string of the molecule is CN(C)S(=O)(=O)CCNS(=O)(=O)c1cnc(Cl)s1. The van der Waals surface area contributed by atoms with E-state index in [0.29, 0.717) is 0 Å². The molecule has 18 heavy (non-hydrogen) atoms. The van der Waals surface area contributed by atoms with Gasteiger partial charge in [0.05, 0.1) is 11.9 Å². The molecule has 0 bridgehead atoms. The first kappa shape index (κ1) is 15.8. The molecule has 0 aliphatic carbocycles. The van der Waals surface area contributed by atoms with Crippen LogP contribution in [-0.4, -0.2) is 52.5 Å². The number of halogens is 1. The molecule has 1 aromatic heterocycles. The predicted octanol–water partition coefficient (Wildman–Crippen LogP) is -0.0338. The Labute approximate surface area is 115 Å². The van der Waals surface area contributed by atoms with Crippen LogP contribution in [0.1, 0.15) is 0 Å². The minimum atomic E-state index is -3.75. The fourth-order valence-electron chi connectivity index (χ4n) is 0.922. The monoisotopic (exact) mass is 333 g/mol. The topological polar surface area (TPSA) is 96.4 Å². The Balaban J connectivity index is 2.65. The van der Waals surface area contributed by atoms with Gasteiger partial charge in [-0.25, -0.2) is 30.8 Å². The van der Waals surface area contributed by atoms with Crippen molar-refractivity contribution in [3.05, 3.63) is 10.7 Å². The zero-order valence-corrected chi connectivity index (χ0v) is 12.8. The molecule has 0 atom stereocenters. The Hall–Kier alpha value is -0.260. The van der Waals surface area contributed by atoms with Gasteiger partial charge in [0, 0.05) is 20.6 Å². The van der Waals surface area contributed by atoms with Gasteiger partial charge in [-0.15, -0.1) is 0 Å². The summed E-state index contributed by atoms with van der Waals surface area (Å²) in [6.45, 7) is -0.210. The van der Waals surface area contributed by atoms with Crippen LogP contribution in [0.25, 0.3) is 0 Å². The van der Waals surface area contributed by atoms with E-state index in [-0.39, 0.29) is 21.0 Å². The van der Waals surface area contributed by atoms with Gasteiger partial charge in [-0.1, -0.05) is 22.9 Å². The molecule has 0 radical (unpaired) electrons. The molecular weight excluding hydrogens is 322 g/mol. The minimum absolute atomic E-state index is 0.0465. The van der Waals surface area contributed by atoms with Crippen molar-refractivity contribution in [3.8, 4) is 0 Å². The molecule has 0 saturated heterocycles. The third kappa shape index (κ3) is 4.14. The second-order valence-electron chi connectivity index (χ2n) is 3.43. The quantitative estimate of drug-likeness (QED) is 0.788. The van der Waals surface area contributed by atoms with Gasteiger partial charge < -0.3 is 0 Å². The zero-order chi connectivity index (χ0) is 14.0. The first-order valence-electron chi connectivity index (χ1n) is 4.66. The highest BCUT2D eigenvalue weighted by Gasteiger charge is 2.19. The van der Waals surface area contributed by atoms with Crippen LogP contribution in [-0.2, 0) is 20.0 Å². The number of hydrogen-bond acceptors (Lipinski definition) is 6. The largest absolute Gasteiger partial charge is 0.251 e. The highest BCUT2D eigenvalue weighted by atomic mass is 35.5. The molecule has 0 fully saturated rings. The molecule has 0 amide bonds. The maximum atomic E-state index is 11.7. The van der Waals surface area contributed by atoms with Crippen molar-refractivity contribution in [3.63, 3.8) is 0 Å². The van der Waals surface area contributed by atoms with E-state index in [1.54, 1.807) is 0 Å². The number of nitrogens with zero attached hydrogens (tertiary/aromatic N) is 2. The van der Waals surface area contributed by atoms with Crippen LogP contribution < -0.4 is 4.72 Å². The third-order valence-corrected chi connectivity index (χ3v) is 6.80. The van der Waals surface area contributed by atoms with E-state index in [1.165, 1.54) is 14.1 Å². The van der Waals surface area contributed by atoms with Crippen molar-refractivity contribution in [2.75, 3.05) is 26.4 Å². The number of sulfonamides is 2. The van der Waals surface area contributed by atoms with Crippen molar-refractivity contribution >= 4 is 43.0 Å². The number of thiazole rings is 1. The van der Waals surface area contributed by atoms with Crippen LogP contribution in [0.4, 0.5) is 0 Å². The van der Waals surface area contributed by atoms with E-state index in [1.807, 2.05) is 0 Å². The summed E-state index contributed by atoms with van der Waals surface area (Å²) >= 11 is 6.33. The first-order chi connectivity index (χ1) is 8.15. The lowest BCUT2D eigenvalue weighted by Crippen LogP contribution is -2.33. The molecule has 7 nitrogen and oxygen atoms in total. The smallest absolute Gasteiger partial charge is 0.232 e. The Morgan fingerprint density at radius 3 is 2.44 bits per heavy atom. The number of aromatic nitrogens is 1. The molecule has 104 valence electrons. The summed E-state index contributed by atoms with van der Waals surface area (Å²) in [6, 6.07) is 0. The first-order valence-corrected chi connectivity index (χ1v) is 8.95. The van der Waals surface area contributed by atoms with Gasteiger partial charge >= 0.3 is 0 Å². The molecule has 0 aliphatic rings. The van der Waals surface area contributed by atoms with Crippen LogP contribution in [0.3, 0.4) is 0 Å². The van der Waals surface area contributed by atoms with E-state index >= 15 is 0 Å². The Bertz CT molecular complexity index is 608. The van der Waals surface area contributed by atoms with Crippen molar-refractivity contribution in [1.82, 2.24) is 14.0 Å². The molecule has 1 N–H and O–H groups in total. The number of nitrogens with one attached hydrogen (secondary N) is 1. The van der Waals surface area contributed by atoms with Gasteiger partial charge in [0.1, 0.15) is 0 Å². The van der Waals surface area contributed by atoms with Gasteiger partial charge in [0.15, 0.2) is 8.68 Å². The summed E-state index contributed by atoms with van der Waals surface area (Å²) in [5.74, 6) is -0.314. The molecule has 11 heteroatoms. The molecule has 1 heterocycles. The maximum Gasteiger partial charge on any atom is 0.251 e. The molecule has 0 saturated carbocycles. The Morgan fingerprint density at radius 1 is 1.39 bits per heavy atom. The van der Waals surface area contributed by atoms with Gasteiger partial charge in [0.2, 0.25) is 10.0 Å². The second-order valence-corrected chi connectivity index (χ2v) is 9.34. The normalized spacial score (nSPS) is 13.1. The van der Waals surface area contributed by atoms with Gasteiger partial charge in [-0.05, 0) is 0 Å². The Morgan fingerprint density at radius 2 is 2.00 bits per heavy atom. The van der Waals surface area contributed by atoms with Crippen molar-refractivity contribution in [1.29, 1.82) is 0 Å². The lowest BCUT2D eigenvalue weighted by atomic mass is 10.8. The highest BCUT2D eigenvalue weighted by Crippen LogP contribution is 2.21. The average molecular weight is 334 g/mol. The summed E-state index contributed by atoms with van der Waals surface area (Å²) in [5.41, 5.74) is 0. The summed E-state index contributed by atoms with van der Waals surface area (Å²) in [4.78, 5) is 3.61. The summed E-state index contributed by atoms with van der Waals surface area (Å²) in [7, 11) is -4.41. The fourth-order valence-corrected chi connectivity index (χ4v) is 4.15. The summed E-state index contributed by atoms with van der Waals surface area (Å²) in [5, 5.41) is 0. The molecule has 0 aliphatic heterocycles. The van der Waals surface area contributed by atoms with Crippen molar-refractivity contribution in [2.45, 2.75) is 4.21 Å². The van der Waals surface area contributed by atoms with Crippen molar-refractivity contribution in [2.24, 2.45) is 0 Å². The average Bonchev–Trinajstić information content (AvgIpc) is 2.64. The standard InChI is InChI=1S/C7H12ClN3O4S3/c1-11(2)17(12,13)4-3-10-18(14,15)6-5-9-7(8)16-6/h5,10H,3-4H2,1-2H3. The zero-order valence-electron chi connectivity index (χ0n) is 9.62. The summed E-state index contributed by atoms with van der Waals surface area (Å²) in [6.07, 6.45) is 1.12. The van der Waals surface area contributed by atoms with Gasteiger partial charge in [0.25, 0.3) is 10.0 Å². The van der Waals surface area contributed by atoms with Crippen molar-refractivity contribution < 1.29 is 16.8 Å². The van der Waals surface area contributed by atoms with Crippen LogP contribution in [0.5, 0.6) is 0 Å². The molecule has 0 aromatic carbocycles. The molecule has 0 spiro atoms. The lowest BCUT2D eigenvalue weighted by Gasteiger charge is -2.11. The number of rotatable bonds is 6. The predicted molar refractivity (Wildman–Crippen MR) is 69.8 cm³/mol. The van der Waals surface area contributed by atoms with E-state index in [0.717, 1.165) is 21.8 Å². The van der Waals surface area contributed by atoms with E-state index in [2.05, 4.69) is 9.71 Å². The third-order valence-electron chi connectivity index (χ3n) is 1.93. The van der Waals surface area contributed by atoms with E-state index in [9.17, 15) is 16.8 Å². The molecular formula is C7H12ClN3O4S3. The van der Waals surface area contributed by atoms with E-state index < -0.39 is 20.0 Å². The maximum absolute atomic E-state index is 11.7. The Kier molecular flexibility index (Phi) is 5.09. The van der Waals surface area contributed by atoms with Gasteiger partial charge in [-0.3, -0.25) is 0 Å². The fraction of sp³-hybridized carbons (Fsp3) is 0.571. The molecule has 0 unspecified atom stereocenters. The van der Waals surface area contributed by atoms with Crippen LogP contribution >= 0.6 is 22.9 Å². The van der Waals surface area contributed by atoms with E-state index in [4.69, 9.17) is 11.6 Å².